The maximum absolute atomic E-state index is 12.5. The lowest BCUT2D eigenvalue weighted by Gasteiger charge is -2.16. The van der Waals surface area contributed by atoms with Gasteiger partial charge in [0, 0.05) is 28.8 Å². The fraction of sp³-hybridized carbons (Fsp3) is 0.136. The molecule has 2 amide bonds. The number of hydrogen-bond acceptors (Lipinski definition) is 5. The number of amides is 2. The summed E-state index contributed by atoms with van der Waals surface area (Å²) in [7, 11) is 0. The van der Waals surface area contributed by atoms with Crippen LogP contribution in [0.3, 0.4) is 0 Å². The van der Waals surface area contributed by atoms with Crippen LogP contribution in [-0.4, -0.2) is 24.3 Å². The third kappa shape index (κ3) is 4.60. The van der Waals surface area contributed by atoms with Crippen molar-refractivity contribution in [2.45, 2.75) is 6.42 Å². The Morgan fingerprint density at radius 3 is 2.47 bits per heavy atom. The van der Waals surface area contributed by atoms with E-state index in [-0.39, 0.29) is 24.8 Å². The monoisotopic (exact) mass is 484 g/mol. The molecule has 0 bridgehead atoms. The van der Waals surface area contributed by atoms with E-state index in [9.17, 15) is 14.4 Å². The molecule has 1 saturated heterocycles. The van der Waals surface area contributed by atoms with Crippen molar-refractivity contribution in [3.05, 3.63) is 75.4 Å². The van der Waals surface area contributed by atoms with Crippen molar-refractivity contribution in [3.63, 3.8) is 0 Å². The van der Waals surface area contributed by atoms with E-state index < -0.39 is 11.9 Å². The minimum absolute atomic E-state index is 0.106. The summed E-state index contributed by atoms with van der Waals surface area (Å²) in [6, 6.07) is 17.5. The summed E-state index contributed by atoms with van der Waals surface area (Å²) in [5, 5.41) is 4.63. The van der Waals surface area contributed by atoms with Gasteiger partial charge in [0.1, 0.15) is 5.75 Å². The molecule has 0 saturated carbocycles. The second-order valence-electron chi connectivity index (χ2n) is 6.76. The fourth-order valence-electron chi connectivity index (χ4n) is 3.14. The molecule has 1 aliphatic heterocycles. The van der Waals surface area contributed by atoms with E-state index in [1.165, 1.54) is 11.3 Å². The van der Waals surface area contributed by atoms with Gasteiger partial charge in [0.15, 0.2) is 0 Å². The average molecular weight is 485 g/mol. The summed E-state index contributed by atoms with van der Waals surface area (Å²) >= 11 is 4.73. The number of nitrogens with one attached hydrogen (secondary N) is 1. The molecule has 1 aromatic heterocycles. The second-order valence-corrected chi connectivity index (χ2v) is 8.62. The number of carbonyl (C=O) groups excluding carboxylic acids is 3. The van der Waals surface area contributed by atoms with Crippen molar-refractivity contribution in [1.82, 2.24) is 0 Å². The number of ether oxygens (including phenoxy) is 1. The summed E-state index contributed by atoms with van der Waals surface area (Å²) in [6.45, 7) is 0.286. The third-order valence-corrected chi connectivity index (χ3v) is 6.07. The fourth-order valence-corrected chi connectivity index (χ4v) is 4.03. The number of esters is 1. The Hall–Kier alpha value is -2.97. The molecule has 1 N–H and O–H groups in total. The predicted molar refractivity (Wildman–Crippen MR) is 119 cm³/mol. The van der Waals surface area contributed by atoms with E-state index in [1.807, 2.05) is 35.7 Å². The molecule has 30 heavy (non-hydrogen) atoms. The number of thiophene rings is 1. The van der Waals surface area contributed by atoms with Crippen LogP contribution in [0, 0.1) is 5.92 Å². The zero-order valence-corrected chi connectivity index (χ0v) is 18.1. The zero-order chi connectivity index (χ0) is 21.1. The Kier molecular flexibility index (Phi) is 5.96. The van der Waals surface area contributed by atoms with Gasteiger partial charge in [-0.3, -0.25) is 14.4 Å². The third-order valence-electron chi connectivity index (χ3n) is 4.67. The van der Waals surface area contributed by atoms with Crippen LogP contribution in [0.25, 0.3) is 0 Å². The van der Waals surface area contributed by atoms with E-state index >= 15 is 0 Å². The second kappa shape index (κ2) is 8.81. The largest absolute Gasteiger partial charge is 0.426 e. The van der Waals surface area contributed by atoms with Crippen molar-refractivity contribution in [1.29, 1.82) is 0 Å². The summed E-state index contributed by atoms with van der Waals surface area (Å²) in [6.07, 6.45) is 0.115. The molecule has 1 aliphatic rings. The standard InChI is InChI=1S/C22H17BrN2O4S/c23-15-3-7-17(8-4-15)25-13-14(12-20(25)26)22(28)29-18-9-5-16(6-10-18)24-21(27)19-2-1-11-30-19/h1-11,14H,12-13H2,(H,24,27). The molecule has 0 aliphatic carbocycles. The van der Waals surface area contributed by atoms with E-state index in [4.69, 9.17) is 4.74 Å². The van der Waals surface area contributed by atoms with Crippen molar-refractivity contribution in [3.8, 4) is 5.75 Å². The maximum atomic E-state index is 12.5. The van der Waals surface area contributed by atoms with Crippen LogP contribution < -0.4 is 15.0 Å². The van der Waals surface area contributed by atoms with Crippen molar-refractivity contribution in [2.24, 2.45) is 5.92 Å². The topological polar surface area (TPSA) is 75.7 Å². The van der Waals surface area contributed by atoms with E-state index in [1.54, 1.807) is 35.2 Å². The molecule has 0 radical (unpaired) electrons. The SMILES string of the molecule is O=C(Nc1ccc(OC(=O)C2CC(=O)N(c3ccc(Br)cc3)C2)cc1)c1cccs1. The van der Waals surface area contributed by atoms with Gasteiger partial charge in [-0.2, -0.15) is 0 Å². The number of anilines is 2. The molecular formula is C22H17BrN2O4S. The molecule has 1 fully saturated rings. The smallest absolute Gasteiger partial charge is 0.316 e. The summed E-state index contributed by atoms with van der Waals surface area (Å²) in [5.74, 6) is -0.903. The number of rotatable bonds is 5. The van der Waals surface area contributed by atoms with Gasteiger partial charge in [0.25, 0.3) is 5.91 Å². The summed E-state index contributed by atoms with van der Waals surface area (Å²) in [4.78, 5) is 39.2. The highest BCUT2D eigenvalue weighted by Gasteiger charge is 2.36. The lowest BCUT2D eigenvalue weighted by atomic mass is 10.1. The van der Waals surface area contributed by atoms with Crippen molar-refractivity contribution in [2.75, 3.05) is 16.8 Å². The zero-order valence-electron chi connectivity index (χ0n) is 15.7. The first-order valence-corrected chi connectivity index (χ1v) is 10.9. The Labute approximate surface area is 185 Å². The van der Waals surface area contributed by atoms with Gasteiger partial charge in [-0.25, -0.2) is 0 Å². The highest BCUT2D eigenvalue weighted by atomic mass is 79.9. The highest BCUT2D eigenvalue weighted by Crippen LogP contribution is 2.28. The van der Waals surface area contributed by atoms with Gasteiger partial charge < -0.3 is 15.0 Å². The van der Waals surface area contributed by atoms with Crippen LogP contribution in [-0.2, 0) is 9.59 Å². The Balaban J connectivity index is 1.35. The summed E-state index contributed by atoms with van der Waals surface area (Å²) < 4.78 is 6.37. The number of halogens is 1. The molecule has 6 nitrogen and oxygen atoms in total. The van der Waals surface area contributed by atoms with Gasteiger partial charge in [0.05, 0.1) is 10.8 Å². The minimum Gasteiger partial charge on any atom is -0.426 e. The average Bonchev–Trinajstić information content (AvgIpc) is 3.40. The van der Waals surface area contributed by atoms with Crippen LogP contribution in [0.15, 0.2) is 70.5 Å². The number of nitrogens with zero attached hydrogens (tertiary/aromatic N) is 1. The molecular weight excluding hydrogens is 468 g/mol. The first-order valence-electron chi connectivity index (χ1n) is 9.22. The quantitative estimate of drug-likeness (QED) is 0.419. The summed E-state index contributed by atoms with van der Waals surface area (Å²) in [5.41, 5.74) is 1.36. The van der Waals surface area contributed by atoms with Crippen LogP contribution in [0.5, 0.6) is 5.75 Å². The Morgan fingerprint density at radius 2 is 1.80 bits per heavy atom. The van der Waals surface area contributed by atoms with Crippen LogP contribution in [0.2, 0.25) is 0 Å². The normalized spacial score (nSPS) is 15.8. The molecule has 152 valence electrons. The molecule has 2 heterocycles. The minimum atomic E-state index is -0.528. The molecule has 2 aromatic carbocycles. The lowest BCUT2D eigenvalue weighted by molar-refractivity contribution is -0.139. The van der Waals surface area contributed by atoms with Gasteiger partial charge in [0.2, 0.25) is 5.91 Å². The highest BCUT2D eigenvalue weighted by molar-refractivity contribution is 9.10. The molecule has 8 heteroatoms. The van der Waals surface area contributed by atoms with Crippen LogP contribution in [0.4, 0.5) is 11.4 Å². The number of hydrogen-bond donors (Lipinski definition) is 1. The number of benzene rings is 2. The van der Waals surface area contributed by atoms with Gasteiger partial charge in [-0.1, -0.05) is 22.0 Å². The van der Waals surface area contributed by atoms with Gasteiger partial charge >= 0.3 is 5.97 Å². The van der Waals surface area contributed by atoms with Crippen molar-refractivity contribution < 1.29 is 19.1 Å². The molecule has 3 aromatic rings. The van der Waals surface area contributed by atoms with Crippen LogP contribution in [0.1, 0.15) is 16.1 Å². The van der Waals surface area contributed by atoms with E-state index in [2.05, 4.69) is 21.2 Å². The first kappa shape index (κ1) is 20.3. The predicted octanol–water partition coefficient (Wildman–Crippen LogP) is 4.72. The van der Waals surface area contributed by atoms with E-state index in [0.29, 0.717) is 16.3 Å². The Bertz CT molecular complexity index is 1070. The maximum Gasteiger partial charge on any atom is 0.316 e. The van der Waals surface area contributed by atoms with Gasteiger partial charge in [-0.15, -0.1) is 11.3 Å². The van der Waals surface area contributed by atoms with Crippen molar-refractivity contribution >= 4 is 56.4 Å². The first-order chi connectivity index (χ1) is 14.5. The lowest BCUT2D eigenvalue weighted by Crippen LogP contribution is -2.27. The van der Waals surface area contributed by atoms with E-state index in [0.717, 1.165) is 10.2 Å². The molecule has 1 unspecified atom stereocenters. The number of carbonyl (C=O) groups is 3. The molecule has 0 spiro atoms. The van der Waals surface area contributed by atoms with Gasteiger partial charge in [-0.05, 0) is 60.0 Å². The molecule has 4 rings (SSSR count). The van der Waals surface area contributed by atoms with Crippen LogP contribution >= 0.6 is 27.3 Å². The Morgan fingerprint density at radius 1 is 1.07 bits per heavy atom. The molecule has 1 atom stereocenters.